The molecular formula is C21H24F2N2O. The molecule has 1 aliphatic rings. The smallest absolute Gasteiger partial charge is 0.253 e. The Morgan fingerprint density at radius 3 is 2.35 bits per heavy atom. The fourth-order valence-corrected chi connectivity index (χ4v) is 3.31. The Morgan fingerprint density at radius 1 is 1.08 bits per heavy atom. The quantitative estimate of drug-likeness (QED) is 0.791. The minimum Gasteiger partial charge on any atom is -0.339 e. The van der Waals surface area contributed by atoms with Gasteiger partial charge in [-0.2, -0.15) is 0 Å². The van der Waals surface area contributed by atoms with Crippen molar-refractivity contribution < 1.29 is 13.6 Å². The lowest BCUT2D eigenvalue weighted by Crippen LogP contribution is -2.27. The number of benzene rings is 2. The van der Waals surface area contributed by atoms with Gasteiger partial charge in [0.2, 0.25) is 0 Å². The van der Waals surface area contributed by atoms with Crippen LogP contribution in [-0.2, 0) is 6.54 Å². The van der Waals surface area contributed by atoms with Crippen LogP contribution >= 0.6 is 0 Å². The number of rotatable bonds is 5. The Morgan fingerprint density at radius 2 is 1.73 bits per heavy atom. The van der Waals surface area contributed by atoms with Crippen molar-refractivity contribution in [2.24, 2.45) is 0 Å². The summed E-state index contributed by atoms with van der Waals surface area (Å²) in [5.74, 6) is -1.56. The third-order valence-corrected chi connectivity index (χ3v) is 5.11. The standard InChI is InChI=1S/C21H24F2N2O/c1-15(18-9-10-19(22)20(23)13-18)24(2)14-16-5-7-17(8-6-16)21(26)25-11-3-4-12-25/h5-10,13,15H,3-4,11-12,14H2,1-2H3. The average molecular weight is 358 g/mol. The van der Waals surface area contributed by atoms with E-state index in [1.807, 2.05) is 43.1 Å². The minimum absolute atomic E-state index is 0.0593. The third kappa shape index (κ3) is 4.10. The van der Waals surface area contributed by atoms with E-state index < -0.39 is 11.6 Å². The maximum atomic E-state index is 13.4. The van der Waals surface area contributed by atoms with Crippen molar-refractivity contribution in [2.45, 2.75) is 32.4 Å². The molecule has 0 N–H and O–H groups in total. The molecular weight excluding hydrogens is 334 g/mol. The first kappa shape index (κ1) is 18.5. The summed E-state index contributed by atoms with van der Waals surface area (Å²) in [5, 5.41) is 0. The van der Waals surface area contributed by atoms with E-state index in [1.165, 1.54) is 6.07 Å². The summed E-state index contributed by atoms with van der Waals surface area (Å²) in [6.07, 6.45) is 2.16. The summed E-state index contributed by atoms with van der Waals surface area (Å²) in [6, 6.07) is 11.6. The summed E-state index contributed by atoms with van der Waals surface area (Å²) < 4.78 is 26.6. The molecule has 3 rings (SSSR count). The van der Waals surface area contributed by atoms with E-state index in [9.17, 15) is 13.6 Å². The molecule has 1 aliphatic heterocycles. The molecule has 2 aromatic rings. The molecule has 0 aromatic heterocycles. The van der Waals surface area contributed by atoms with Crippen molar-refractivity contribution in [3.63, 3.8) is 0 Å². The van der Waals surface area contributed by atoms with Gasteiger partial charge in [-0.15, -0.1) is 0 Å². The monoisotopic (exact) mass is 358 g/mol. The van der Waals surface area contributed by atoms with Crippen LogP contribution in [0.15, 0.2) is 42.5 Å². The Labute approximate surface area is 153 Å². The molecule has 0 saturated carbocycles. The topological polar surface area (TPSA) is 23.6 Å². The van der Waals surface area contributed by atoms with Crippen LogP contribution in [0, 0.1) is 11.6 Å². The highest BCUT2D eigenvalue weighted by Crippen LogP contribution is 2.23. The second-order valence-corrected chi connectivity index (χ2v) is 6.96. The van der Waals surface area contributed by atoms with Gasteiger partial charge in [-0.05, 0) is 62.2 Å². The zero-order valence-corrected chi connectivity index (χ0v) is 15.2. The van der Waals surface area contributed by atoms with Crippen LogP contribution in [0.3, 0.4) is 0 Å². The van der Waals surface area contributed by atoms with E-state index in [4.69, 9.17) is 0 Å². The van der Waals surface area contributed by atoms with Crippen molar-refractivity contribution in [3.05, 3.63) is 70.8 Å². The molecule has 1 fully saturated rings. The molecule has 3 nitrogen and oxygen atoms in total. The predicted octanol–water partition coefficient (Wildman–Crippen LogP) is 4.39. The fraction of sp³-hybridized carbons (Fsp3) is 0.381. The second kappa shape index (κ2) is 7.96. The van der Waals surface area contributed by atoms with Crippen molar-refractivity contribution >= 4 is 5.91 Å². The molecule has 0 spiro atoms. The normalized spacial score (nSPS) is 15.5. The average Bonchev–Trinajstić information content (AvgIpc) is 3.18. The molecule has 1 heterocycles. The van der Waals surface area contributed by atoms with Crippen LogP contribution in [0.5, 0.6) is 0 Å². The summed E-state index contributed by atoms with van der Waals surface area (Å²) in [4.78, 5) is 16.3. The molecule has 0 aliphatic carbocycles. The van der Waals surface area contributed by atoms with Crippen molar-refractivity contribution in [3.8, 4) is 0 Å². The molecule has 1 saturated heterocycles. The van der Waals surface area contributed by atoms with Crippen LogP contribution in [0.2, 0.25) is 0 Å². The lowest BCUT2D eigenvalue weighted by atomic mass is 10.1. The lowest BCUT2D eigenvalue weighted by molar-refractivity contribution is 0.0793. The van der Waals surface area contributed by atoms with Gasteiger partial charge >= 0.3 is 0 Å². The highest BCUT2D eigenvalue weighted by Gasteiger charge is 2.19. The molecule has 2 aromatic carbocycles. The van der Waals surface area contributed by atoms with E-state index in [2.05, 4.69) is 4.90 Å². The molecule has 0 radical (unpaired) electrons. The van der Waals surface area contributed by atoms with Crippen molar-refractivity contribution in [1.82, 2.24) is 9.80 Å². The number of halogens is 2. The molecule has 1 unspecified atom stereocenters. The molecule has 0 bridgehead atoms. The van der Waals surface area contributed by atoms with E-state index in [-0.39, 0.29) is 11.9 Å². The minimum atomic E-state index is -0.832. The van der Waals surface area contributed by atoms with Gasteiger partial charge < -0.3 is 4.90 Å². The SMILES string of the molecule is CC(c1ccc(F)c(F)c1)N(C)Cc1ccc(C(=O)N2CCCC2)cc1. The van der Waals surface area contributed by atoms with E-state index in [0.717, 1.165) is 43.1 Å². The van der Waals surface area contributed by atoms with Gasteiger partial charge in [0, 0.05) is 31.2 Å². The number of hydrogen-bond donors (Lipinski definition) is 0. The van der Waals surface area contributed by atoms with Gasteiger partial charge in [0.25, 0.3) is 5.91 Å². The Balaban J connectivity index is 1.64. The van der Waals surface area contributed by atoms with Gasteiger partial charge in [-0.25, -0.2) is 8.78 Å². The Kier molecular flexibility index (Phi) is 5.67. The zero-order chi connectivity index (χ0) is 18.7. The fourth-order valence-electron chi connectivity index (χ4n) is 3.31. The first-order valence-corrected chi connectivity index (χ1v) is 8.99. The molecule has 138 valence electrons. The number of nitrogens with zero attached hydrogens (tertiary/aromatic N) is 2. The maximum absolute atomic E-state index is 13.4. The number of carbonyl (C=O) groups is 1. The second-order valence-electron chi connectivity index (χ2n) is 6.96. The molecule has 5 heteroatoms. The number of carbonyl (C=O) groups excluding carboxylic acids is 1. The first-order chi connectivity index (χ1) is 12.5. The van der Waals surface area contributed by atoms with Crippen molar-refractivity contribution in [2.75, 3.05) is 20.1 Å². The zero-order valence-electron chi connectivity index (χ0n) is 15.2. The molecule has 1 atom stereocenters. The van der Waals surface area contributed by atoms with Crippen LogP contribution in [0.25, 0.3) is 0 Å². The number of likely N-dealkylation sites (tertiary alicyclic amines) is 1. The first-order valence-electron chi connectivity index (χ1n) is 8.99. The highest BCUT2D eigenvalue weighted by molar-refractivity contribution is 5.94. The largest absolute Gasteiger partial charge is 0.339 e. The van der Waals surface area contributed by atoms with Crippen molar-refractivity contribution in [1.29, 1.82) is 0 Å². The Hall–Kier alpha value is -2.27. The summed E-state index contributed by atoms with van der Waals surface area (Å²) >= 11 is 0. The lowest BCUT2D eigenvalue weighted by Gasteiger charge is -2.25. The van der Waals surface area contributed by atoms with Crippen LogP contribution in [0.4, 0.5) is 8.78 Å². The number of amides is 1. The summed E-state index contributed by atoms with van der Waals surface area (Å²) in [7, 11) is 1.94. The van der Waals surface area contributed by atoms with Gasteiger partial charge in [0.15, 0.2) is 11.6 Å². The van der Waals surface area contributed by atoms with E-state index in [1.54, 1.807) is 6.07 Å². The van der Waals surface area contributed by atoms with Gasteiger partial charge in [0.05, 0.1) is 0 Å². The molecule has 26 heavy (non-hydrogen) atoms. The van der Waals surface area contributed by atoms with Crippen LogP contribution < -0.4 is 0 Å². The van der Waals surface area contributed by atoms with E-state index >= 15 is 0 Å². The molecule has 1 amide bonds. The third-order valence-electron chi connectivity index (χ3n) is 5.11. The number of hydrogen-bond acceptors (Lipinski definition) is 2. The summed E-state index contributed by atoms with van der Waals surface area (Å²) in [5.41, 5.74) is 2.51. The van der Waals surface area contributed by atoms with Crippen LogP contribution in [-0.4, -0.2) is 35.8 Å². The van der Waals surface area contributed by atoms with Gasteiger partial charge in [0.1, 0.15) is 0 Å². The highest BCUT2D eigenvalue weighted by atomic mass is 19.2. The summed E-state index contributed by atoms with van der Waals surface area (Å²) in [6.45, 7) is 4.29. The Bertz CT molecular complexity index is 770. The van der Waals surface area contributed by atoms with Crippen LogP contribution in [0.1, 0.15) is 47.3 Å². The van der Waals surface area contributed by atoms with E-state index in [0.29, 0.717) is 12.1 Å². The van der Waals surface area contributed by atoms with Gasteiger partial charge in [-0.1, -0.05) is 18.2 Å². The predicted molar refractivity (Wildman–Crippen MR) is 97.8 cm³/mol. The maximum Gasteiger partial charge on any atom is 0.253 e. The van der Waals surface area contributed by atoms with Gasteiger partial charge in [-0.3, -0.25) is 9.69 Å².